The molecule has 2 aromatic rings. The highest BCUT2D eigenvalue weighted by atomic mass is 16.7. The maximum atomic E-state index is 12.4. The molecular weight excluding hydrogens is 368 g/mol. The van der Waals surface area contributed by atoms with Gasteiger partial charge in [0.15, 0.2) is 11.5 Å². The lowest BCUT2D eigenvalue weighted by Crippen LogP contribution is -2.26. The van der Waals surface area contributed by atoms with Crippen LogP contribution in [0.15, 0.2) is 36.0 Å². The maximum Gasteiger partial charge on any atom is 0.254 e. The molecular formula is C22H26N4O3. The van der Waals surface area contributed by atoms with Gasteiger partial charge in [-0.15, -0.1) is 0 Å². The lowest BCUT2D eigenvalue weighted by molar-refractivity contribution is 0.0952. The van der Waals surface area contributed by atoms with Crippen LogP contribution in [0.25, 0.3) is 0 Å². The summed E-state index contributed by atoms with van der Waals surface area (Å²) >= 11 is 0. The van der Waals surface area contributed by atoms with Gasteiger partial charge in [0.1, 0.15) is 0 Å². The summed E-state index contributed by atoms with van der Waals surface area (Å²) < 4.78 is 10.7. The Hall–Kier alpha value is -3.09. The molecule has 1 aromatic heterocycles. The van der Waals surface area contributed by atoms with Crippen molar-refractivity contribution in [3.8, 4) is 11.5 Å². The fourth-order valence-electron chi connectivity index (χ4n) is 3.57. The Morgan fingerprint density at radius 1 is 1.21 bits per heavy atom. The van der Waals surface area contributed by atoms with E-state index in [4.69, 9.17) is 9.47 Å². The van der Waals surface area contributed by atoms with Crippen molar-refractivity contribution in [1.82, 2.24) is 15.3 Å². The first kappa shape index (κ1) is 19.2. The number of carbonyl (C=O) groups is 1. The zero-order valence-corrected chi connectivity index (χ0v) is 16.7. The van der Waals surface area contributed by atoms with E-state index in [2.05, 4.69) is 26.7 Å². The van der Waals surface area contributed by atoms with Crippen LogP contribution >= 0.6 is 0 Å². The van der Waals surface area contributed by atoms with Gasteiger partial charge in [0.05, 0.1) is 11.3 Å². The summed E-state index contributed by atoms with van der Waals surface area (Å²) in [5, 5.41) is 6.17. The molecule has 152 valence electrons. The van der Waals surface area contributed by atoms with Crippen molar-refractivity contribution >= 4 is 11.9 Å². The molecule has 0 radical (unpaired) electrons. The van der Waals surface area contributed by atoms with Crippen LogP contribution in [0.4, 0.5) is 5.95 Å². The quantitative estimate of drug-likeness (QED) is 0.696. The Balaban J connectivity index is 1.30. The maximum absolute atomic E-state index is 12.4. The normalized spacial score (nSPS) is 15.0. The molecule has 0 saturated carbocycles. The SMILES string of the molecule is Cc1nc(NCc2ccc3c(c2)OCO3)ncc1C(=O)NCCC1=CCCCC1. The number of aromatic nitrogens is 2. The third-order valence-electron chi connectivity index (χ3n) is 5.23. The number of amides is 1. The van der Waals surface area contributed by atoms with Gasteiger partial charge in [-0.05, 0) is 56.7 Å². The Morgan fingerprint density at radius 3 is 2.93 bits per heavy atom. The number of ether oxygens (including phenoxy) is 2. The first-order valence-corrected chi connectivity index (χ1v) is 10.1. The first-order chi connectivity index (χ1) is 14.2. The standard InChI is InChI=1S/C22H26N4O3/c1-15-18(21(27)23-10-9-16-5-3-2-4-6-16)13-25-22(26-15)24-12-17-7-8-19-20(11-17)29-14-28-19/h5,7-8,11,13H,2-4,6,9-10,12,14H2,1H3,(H,23,27)(H,24,25,26). The van der Waals surface area contributed by atoms with Crippen LogP contribution in [-0.4, -0.2) is 29.2 Å². The minimum Gasteiger partial charge on any atom is -0.454 e. The molecule has 0 saturated heterocycles. The number of allylic oxidation sites excluding steroid dienone is 1. The summed E-state index contributed by atoms with van der Waals surface area (Å²) in [6.45, 7) is 3.28. The second kappa shape index (κ2) is 8.94. The highest BCUT2D eigenvalue weighted by Crippen LogP contribution is 2.32. The number of hydrogen-bond donors (Lipinski definition) is 2. The Bertz CT molecular complexity index is 926. The van der Waals surface area contributed by atoms with E-state index in [1.54, 1.807) is 6.20 Å². The van der Waals surface area contributed by atoms with Crippen molar-refractivity contribution in [2.45, 2.75) is 45.6 Å². The topological polar surface area (TPSA) is 85.4 Å². The molecule has 0 bridgehead atoms. The minimum absolute atomic E-state index is 0.124. The van der Waals surface area contributed by atoms with Crippen LogP contribution < -0.4 is 20.1 Å². The van der Waals surface area contributed by atoms with Crippen molar-refractivity contribution in [3.05, 3.63) is 52.9 Å². The summed E-state index contributed by atoms with van der Waals surface area (Å²) in [5.41, 5.74) is 3.65. The van der Waals surface area contributed by atoms with E-state index in [0.29, 0.717) is 30.3 Å². The zero-order valence-electron chi connectivity index (χ0n) is 16.7. The molecule has 1 aliphatic carbocycles. The summed E-state index contributed by atoms with van der Waals surface area (Å²) in [4.78, 5) is 21.2. The third kappa shape index (κ3) is 4.85. The van der Waals surface area contributed by atoms with Crippen LogP contribution in [-0.2, 0) is 6.54 Å². The molecule has 7 nitrogen and oxygen atoms in total. The number of fused-ring (bicyclic) bond motifs is 1. The fourth-order valence-corrected chi connectivity index (χ4v) is 3.57. The van der Waals surface area contributed by atoms with E-state index < -0.39 is 0 Å². The molecule has 0 unspecified atom stereocenters. The molecule has 0 atom stereocenters. The van der Waals surface area contributed by atoms with E-state index in [1.807, 2.05) is 25.1 Å². The molecule has 4 rings (SSSR count). The summed E-state index contributed by atoms with van der Waals surface area (Å²) in [5.74, 6) is 1.87. The smallest absolute Gasteiger partial charge is 0.254 e. The van der Waals surface area contributed by atoms with Crippen LogP contribution in [0.3, 0.4) is 0 Å². The molecule has 0 spiro atoms. The van der Waals surface area contributed by atoms with E-state index >= 15 is 0 Å². The second-order valence-corrected chi connectivity index (χ2v) is 7.35. The summed E-state index contributed by atoms with van der Waals surface area (Å²) in [6.07, 6.45) is 9.67. The van der Waals surface area contributed by atoms with E-state index in [0.717, 1.165) is 36.3 Å². The van der Waals surface area contributed by atoms with Gasteiger partial charge in [0.2, 0.25) is 12.7 Å². The largest absolute Gasteiger partial charge is 0.454 e. The number of nitrogens with zero attached hydrogens (tertiary/aromatic N) is 2. The van der Waals surface area contributed by atoms with Crippen molar-refractivity contribution in [3.63, 3.8) is 0 Å². The van der Waals surface area contributed by atoms with Crippen LogP contribution in [0.1, 0.15) is 53.7 Å². The lowest BCUT2D eigenvalue weighted by Gasteiger charge is -2.13. The number of nitrogens with one attached hydrogen (secondary N) is 2. The first-order valence-electron chi connectivity index (χ1n) is 10.1. The number of anilines is 1. The fraction of sp³-hybridized carbons (Fsp3) is 0.409. The van der Waals surface area contributed by atoms with E-state index in [1.165, 1.54) is 18.4 Å². The van der Waals surface area contributed by atoms with Gasteiger partial charge in [-0.2, -0.15) is 0 Å². The van der Waals surface area contributed by atoms with Gasteiger partial charge < -0.3 is 20.1 Å². The lowest BCUT2D eigenvalue weighted by atomic mass is 9.97. The Kier molecular flexibility index (Phi) is 5.93. The third-order valence-corrected chi connectivity index (χ3v) is 5.23. The van der Waals surface area contributed by atoms with Gasteiger partial charge in [-0.3, -0.25) is 4.79 Å². The van der Waals surface area contributed by atoms with Gasteiger partial charge >= 0.3 is 0 Å². The van der Waals surface area contributed by atoms with Crippen molar-refractivity contribution in [1.29, 1.82) is 0 Å². The Morgan fingerprint density at radius 2 is 2.10 bits per heavy atom. The average molecular weight is 394 g/mol. The molecule has 1 aliphatic heterocycles. The van der Waals surface area contributed by atoms with Gasteiger partial charge in [-0.1, -0.05) is 17.7 Å². The van der Waals surface area contributed by atoms with Crippen molar-refractivity contribution < 1.29 is 14.3 Å². The number of benzene rings is 1. The predicted molar refractivity (Wildman–Crippen MR) is 110 cm³/mol. The van der Waals surface area contributed by atoms with Crippen molar-refractivity contribution in [2.24, 2.45) is 0 Å². The molecule has 2 N–H and O–H groups in total. The van der Waals surface area contributed by atoms with Crippen LogP contribution in [0.2, 0.25) is 0 Å². The number of hydrogen-bond acceptors (Lipinski definition) is 6. The average Bonchev–Trinajstić information content (AvgIpc) is 3.21. The molecule has 1 amide bonds. The molecule has 2 heterocycles. The Labute approximate surface area is 170 Å². The summed E-state index contributed by atoms with van der Waals surface area (Å²) in [7, 11) is 0. The number of rotatable bonds is 7. The summed E-state index contributed by atoms with van der Waals surface area (Å²) in [6, 6.07) is 5.80. The molecule has 0 fully saturated rings. The van der Waals surface area contributed by atoms with Crippen molar-refractivity contribution in [2.75, 3.05) is 18.7 Å². The second-order valence-electron chi connectivity index (χ2n) is 7.35. The highest BCUT2D eigenvalue weighted by Gasteiger charge is 2.14. The van der Waals surface area contributed by atoms with Gasteiger partial charge in [-0.25, -0.2) is 9.97 Å². The molecule has 1 aromatic carbocycles. The van der Waals surface area contributed by atoms with E-state index in [9.17, 15) is 4.79 Å². The van der Waals surface area contributed by atoms with Crippen LogP contribution in [0.5, 0.6) is 11.5 Å². The molecule has 2 aliphatic rings. The highest BCUT2D eigenvalue weighted by molar-refractivity contribution is 5.94. The van der Waals surface area contributed by atoms with Crippen LogP contribution in [0, 0.1) is 6.92 Å². The minimum atomic E-state index is -0.124. The number of carbonyl (C=O) groups excluding carboxylic acids is 1. The monoisotopic (exact) mass is 394 g/mol. The van der Waals surface area contributed by atoms with Gasteiger partial charge in [0.25, 0.3) is 5.91 Å². The molecule has 7 heteroatoms. The predicted octanol–water partition coefficient (Wildman–Crippen LogP) is 3.75. The van der Waals surface area contributed by atoms with E-state index in [-0.39, 0.29) is 12.7 Å². The molecule has 29 heavy (non-hydrogen) atoms. The van der Waals surface area contributed by atoms with Gasteiger partial charge in [0, 0.05) is 19.3 Å². The zero-order chi connectivity index (χ0) is 20.1. The number of aryl methyl sites for hydroxylation is 1.